The van der Waals surface area contributed by atoms with Crippen LogP contribution in [0.15, 0.2) is 34.9 Å². The van der Waals surface area contributed by atoms with Crippen LogP contribution < -0.4 is 5.32 Å². The van der Waals surface area contributed by atoms with E-state index in [2.05, 4.69) is 26.2 Å². The lowest BCUT2D eigenvalue weighted by Crippen LogP contribution is -2.01. The Balaban J connectivity index is 2.15. The maximum absolute atomic E-state index is 13.0. The number of H-pyrrole nitrogens is 1. The number of rotatable bonds is 3. The van der Waals surface area contributed by atoms with Gasteiger partial charge >= 0.3 is 0 Å². The normalized spacial score (nSPS) is 10.4. The topological polar surface area (TPSA) is 27.8 Å². The van der Waals surface area contributed by atoms with Crippen molar-refractivity contribution in [1.29, 1.82) is 0 Å². The van der Waals surface area contributed by atoms with E-state index in [1.54, 1.807) is 0 Å². The molecule has 2 N–H and O–H groups in total. The number of hydrogen-bond acceptors (Lipinski definition) is 1. The van der Waals surface area contributed by atoms with Crippen LogP contribution in [0.1, 0.15) is 5.69 Å². The number of halogens is 3. The van der Waals surface area contributed by atoms with Crippen molar-refractivity contribution >= 4 is 33.2 Å². The Labute approximate surface area is 106 Å². The van der Waals surface area contributed by atoms with E-state index < -0.39 is 0 Å². The second-order valence-corrected chi connectivity index (χ2v) is 4.55. The number of anilines is 1. The summed E-state index contributed by atoms with van der Waals surface area (Å²) < 4.78 is 13.6. The predicted molar refractivity (Wildman–Crippen MR) is 67.2 cm³/mol. The summed E-state index contributed by atoms with van der Waals surface area (Å²) in [4.78, 5) is 3.06. The first-order valence-corrected chi connectivity index (χ1v) is 5.84. The summed E-state index contributed by atoms with van der Waals surface area (Å²) in [6.07, 6.45) is 1.85. The predicted octanol–water partition coefficient (Wildman–Crippen LogP) is 4.18. The highest BCUT2D eigenvalue weighted by atomic mass is 79.9. The van der Waals surface area contributed by atoms with Crippen molar-refractivity contribution in [3.63, 3.8) is 0 Å². The Morgan fingerprint density at radius 1 is 1.44 bits per heavy atom. The van der Waals surface area contributed by atoms with Crippen molar-refractivity contribution in [1.82, 2.24) is 4.98 Å². The molecular formula is C11H9BrClFN2. The molecule has 0 saturated carbocycles. The summed E-state index contributed by atoms with van der Waals surface area (Å²) in [5, 5.41) is 3.49. The Morgan fingerprint density at radius 3 is 2.88 bits per heavy atom. The van der Waals surface area contributed by atoms with E-state index in [0.29, 0.717) is 21.7 Å². The molecule has 2 rings (SSSR count). The van der Waals surface area contributed by atoms with Crippen LogP contribution in [0.25, 0.3) is 0 Å². The van der Waals surface area contributed by atoms with Crippen LogP contribution in [-0.4, -0.2) is 4.98 Å². The van der Waals surface area contributed by atoms with Gasteiger partial charge in [-0.3, -0.25) is 0 Å². The molecule has 0 aliphatic heterocycles. The summed E-state index contributed by atoms with van der Waals surface area (Å²) in [6, 6.07) is 6.53. The first-order chi connectivity index (χ1) is 7.66. The van der Waals surface area contributed by atoms with Crippen molar-refractivity contribution < 1.29 is 4.39 Å². The number of aromatic amines is 1. The first-order valence-electron chi connectivity index (χ1n) is 4.67. The standard InChI is InChI=1S/C11H9BrClFN2/c12-9-4-7(14)5-10(13)11(9)16-6-8-2-1-3-15-8/h1-5,15-16H,6H2. The fraction of sp³-hybridized carbons (Fsp3) is 0.0909. The van der Waals surface area contributed by atoms with Crippen LogP contribution in [0.3, 0.4) is 0 Å². The van der Waals surface area contributed by atoms with E-state index in [-0.39, 0.29) is 5.82 Å². The molecule has 0 fully saturated rings. The molecule has 5 heteroatoms. The molecule has 2 nitrogen and oxygen atoms in total. The minimum atomic E-state index is -0.359. The SMILES string of the molecule is Fc1cc(Cl)c(NCc2ccc[nH]2)c(Br)c1. The highest BCUT2D eigenvalue weighted by Crippen LogP contribution is 2.31. The van der Waals surface area contributed by atoms with E-state index in [1.165, 1.54) is 12.1 Å². The average Bonchev–Trinajstić information content (AvgIpc) is 2.68. The minimum absolute atomic E-state index is 0.359. The zero-order chi connectivity index (χ0) is 11.5. The maximum Gasteiger partial charge on any atom is 0.125 e. The monoisotopic (exact) mass is 302 g/mol. The number of aromatic nitrogens is 1. The summed E-state index contributed by atoms with van der Waals surface area (Å²) in [7, 11) is 0. The van der Waals surface area contributed by atoms with E-state index in [0.717, 1.165) is 5.69 Å². The molecule has 0 spiro atoms. The molecule has 0 bridgehead atoms. The summed E-state index contributed by atoms with van der Waals surface area (Å²) in [5.41, 5.74) is 1.73. The average molecular weight is 304 g/mol. The zero-order valence-electron chi connectivity index (χ0n) is 8.23. The smallest absolute Gasteiger partial charge is 0.125 e. The Kier molecular flexibility index (Phi) is 3.51. The van der Waals surface area contributed by atoms with E-state index in [4.69, 9.17) is 11.6 Å². The van der Waals surface area contributed by atoms with Gasteiger partial charge in [-0.25, -0.2) is 4.39 Å². The van der Waals surface area contributed by atoms with Gasteiger partial charge in [-0.1, -0.05) is 11.6 Å². The fourth-order valence-corrected chi connectivity index (χ4v) is 2.33. The summed E-state index contributed by atoms with van der Waals surface area (Å²) >= 11 is 9.20. The van der Waals surface area contributed by atoms with Crippen LogP contribution >= 0.6 is 27.5 Å². The van der Waals surface area contributed by atoms with Gasteiger partial charge in [0, 0.05) is 16.4 Å². The molecule has 0 amide bonds. The zero-order valence-corrected chi connectivity index (χ0v) is 10.6. The van der Waals surface area contributed by atoms with Crippen LogP contribution in [0, 0.1) is 5.82 Å². The van der Waals surface area contributed by atoms with Crippen molar-refractivity contribution in [2.75, 3.05) is 5.32 Å². The Morgan fingerprint density at radius 2 is 2.25 bits per heavy atom. The Hall–Kier alpha value is -1.00. The van der Waals surface area contributed by atoms with Gasteiger partial charge in [-0.2, -0.15) is 0 Å². The molecule has 16 heavy (non-hydrogen) atoms. The summed E-state index contributed by atoms with van der Waals surface area (Å²) in [5.74, 6) is -0.359. The third-order valence-corrected chi connectivity index (χ3v) is 3.05. The van der Waals surface area contributed by atoms with Crippen LogP contribution in [0.2, 0.25) is 5.02 Å². The largest absolute Gasteiger partial charge is 0.377 e. The molecule has 84 valence electrons. The molecule has 0 saturated heterocycles. The van der Waals surface area contributed by atoms with Gasteiger partial charge in [0.1, 0.15) is 5.82 Å². The number of nitrogens with one attached hydrogen (secondary N) is 2. The number of hydrogen-bond donors (Lipinski definition) is 2. The molecule has 1 aromatic heterocycles. The van der Waals surface area contributed by atoms with Crippen LogP contribution in [0.4, 0.5) is 10.1 Å². The maximum atomic E-state index is 13.0. The van der Waals surface area contributed by atoms with E-state index in [9.17, 15) is 4.39 Å². The van der Waals surface area contributed by atoms with Gasteiger partial charge in [0.2, 0.25) is 0 Å². The highest BCUT2D eigenvalue weighted by molar-refractivity contribution is 9.10. The van der Waals surface area contributed by atoms with Crippen molar-refractivity contribution in [3.05, 3.63) is 51.5 Å². The minimum Gasteiger partial charge on any atom is -0.377 e. The molecule has 0 atom stereocenters. The highest BCUT2D eigenvalue weighted by Gasteiger charge is 2.07. The van der Waals surface area contributed by atoms with Gasteiger partial charge in [0.05, 0.1) is 17.3 Å². The molecular weight excluding hydrogens is 294 g/mol. The molecule has 0 aliphatic rings. The second-order valence-electron chi connectivity index (χ2n) is 3.29. The van der Waals surface area contributed by atoms with Gasteiger partial charge in [-0.15, -0.1) is 0 Å². The van der Waals surface area contributed by atoms with Gasteiger partial charge < -0.3 is 10.3 Å². The molecule has 0 aliphatic carbocycles. The van der Waals surface area contributed by atoms with Gasteiger partial charge in [0.25, 0.3) is 0 Å². The van der Waals surface area contributed by atoms with Gasteiger partial charge in [0.15, 0.2) is 0 Å². The van der Waals surface area contributed by atoms with Crippen LogP contribution in [-0.2, 0) is 6.54 Å². The van der Waals surface area contributed by atoms with E-state index >= 15 is 0 Å². The molecule has 0 unspecified atom stereocenters. The lowest BCUT2D eigenvalue weighted by Gasteiger charge is -2.09. The molecule has 1 heterocycles. The number of benzene rings is 1. The summed E-state index contributed by atoms with van der Waals surface area (Å²) in [6.45, 7) is 0.608. The van der Waals surface area contributed by atoms with Gasteiger partial charge in [-0.05, 0) is 40.2 Å². The molecule has 1 aromatic carbocycles. The van der Waals surface area contributed by atoms with E-state index in [1.807, 2.05) is 18.3 Å². The lowest BCUT2D eigenvalue weighted by atomic mass is 10.3. The second kappa shape index (κ2) is 4.89. The van der Waals surface area contributed by atoms with Crippen LogP contribution in [0.5, 0.6) is 0 Å². The van der Waals surface area contributed by atoms with Crippen molar-refractivity contribution in [2.24, 2.45) is 0 Å². The Bertz CT molecular complexity index is 462. The molecule has 2 aromatic rings. The fourth-order valence-electron chi connectivity index (χ4n) is 1.37. The quantitative estimate of drug-likeness (QED) is 0.874. The first kappa shape index (κ1) is 11.5. The van der Waals surface area contributed by atoms with Crippen molar-refractivity contribution in [3.8, 4) is 0 Å². The third kappa shape index (κ3) is 2.57. The lowest BCUT2D eigenvalue weighted by molar-refractivity contribution is 0.627. The van der Waals surface area contributed by atoms with Crippen molar-refractivity contribution in [2.45, 2.75) is 6.54 Å². The third-order valence-electron chi connectivity index (χ3n) is 2.12. The molecule has 0 radical (unpaired) electrons.